The summed E-state index contributed by atoms with van der Waals surface area (Å²) in [5, 5.41) is 13.3. The highest BCUT2D eigenvalue weighted by atomic mass is 16.3. The van der Waals surface area contributed by atoms with Crippen LogP contribution in [0.1, 0.15) is 0 Å². The zero-order valence-corrected chi connectivity index (χ0v) is 36.9. The highest BCUT2D eigenvalue weighted by Gasteiger charge is 2.24. The maximum Gasteiger partial charge on any atom is 0.164 e. The number of rotatable bonds is 5. The number of benzene rings is 11. The lowest BCUT2D eigenvalue weighted by molar-refractivity contribution is 0.667. The lowest BCUT2D eigenvalue weighted by atomic mass is 10.0. The van der Waals surface area contributed by atoms with E-state index in [0.29, 0.717) is 17.5 Å². The summed E-state index contributed by atoms with van der Waals surface area (Å²) in [5.74, 6) is 1.66. The van der Waals surface area contributed by atoms with E-state index in [9.17, 15) is 0 Å². The van der Waals surface area contributed by atoms with Crippen molar-refractivity contribution >= 4 is 98.0 Å². The van der Waals surface area contributed by atoms with Gasteiger partial charge in [0.05, 0.1) is 16.7 Å². The molecule has 69 heavy (non-hydrogen) atoms. The Kier molecular flexibility index (Phi) is 7.97. The van der Waals surface area contributed by atoms with Crippen LogP contribution in [0.2, 0.25) is 0 Å². The quantitative estimate of drug-likeness (QED) is 0.172. The molecule has 0 atom stereocenters. The molecule has 6 nitrogen and oxygen atoms in total. The molecule has 0 saturated carbocycles. The average molecular weight is 881 g/mol. The number of furan rings is 2. The van der Waals surface area contributed by atoms with Crippen LogP contribution in [-0.4, -0.2) is 19.5 Å². The van der Waals surface area contributed by atoms with Gasteiger partial charge >= 0.3 is 0 Å². The fraction of sp³-hybridized carbons (Fsp3) is 0. The first-order valence-electron chi connectivity index (χ1n) is 23.2. The lowest BCUT2D eigenvalue weighted by Crippen LogP contribution is -2.02. The molecule has 0 saturated heterocycles. The summed E-state index contributed by atoms with van der Waals surface area (Å²) in [6.07, 6.45) is 0. The Morgan fingerprint density at radius 1 is 0.304 bits per heavy atom. The van der Waals surface area contributed by atoms with E-state index in [0.717, 1.165) is 105 Å². The molecule has 0 unspecified atom stereocenters. The Morgan fingerprint density at radius 3 is 1.75 bits per heavy atom. The van der Waals surface area contributed by atoms with Crippen molar-refractivity contribution in [1.82, 2.24) is 19.5 Å². The first-order chi connectivity index (χ1) is 34.2. The van der Waals surface area contributed by atoms with Crippen molar-refractivity contribution in [2.24, 2.45) is 0 Å². The van der Waals surface area contributed by atoms with Gasteiger partial charge in [-0.15, -0.1) is 0 Å². The first-order valence-corrected chi connectivity index (χ1v) is 23.2. The molecule has 0 aliphatic heterocycles. The Morgan fingerprint density at radius 2 is 0.928 bits per heavy atom. The molecule has 0 spiro atoms. The number of hydrogen-bond acceptors (Lipinski definition) is 5. The van der Waals surface area contributed by atoms with Gasteiger partial charge in [-0.1, -0.05) is 158 Å². The van der Waals surface area contributed by atoms with E-state index >= 15 is 0 Å². The molecule has 0 aliphatic rings. The van der Waals surface area contributed by atoms with Crippen LogP contribution in [0.3, 0.4) is 0 Å². The first kappa shape index (κ1) is 37.8. The number of aromatic nitrogens is 4. The van der Waals surface area contributed by atoms with Gasteiger partial charge in [0, 0.05) is 49.0 Å². The molecule has 15 rings (SSSR count). The SMILES string of the molecule is c1ccc(-c2cccc(-c3nc(-c4cc(-n5c6cc7ccccc7cc6c6c7ccccc7ccc65)c5oc6cc7ccccc7cc6c5c4)nc(-c4cccc5oc6ccccc6c45)n3)c2)cc1. The molecule has 0 radical (unpaired) electrons. The summed E-state index contributed by atoms with van der Waals surface area (Å²) in [5.41, 5.74) is 11.0. The molecule has 6 heteroatoms. The van der Waals surface area contributed by atoms with Crippen molar-refractivity contribution in [1.29, 1.82) is 0 Å². The fourth-order valence-electron chi connectivity index (χ4n) is 10.8. The molecule has 0 amide bonds. The van der Waals surface area contributed by atoms with Gasteiger partial charge in [0.25, 0.3) is 0 Å². The zero-order valence-electron chi connectivity index (χ0n) is 36.9. The van der Waals surface area contributed by atoms with Crippen molar-refractivity contribution in [2.75, 3.05) is 0 Å². The minimum absolute atomic E-state index is 0.542. The minimum atomic E-state index is 0.542. The lowest BCUT2D eigenvalue weighted by Gasteiger charge is -2.13. The summed E-state index contributed by atoms with van der Waals surface area (Å²) in [6, 6.07) is 76.9. The molecule has 0 N–H and O–H groups in total. The molecular formula is C63H36N4O2. The van der Waals surface area contributed by atoms with Crippen molar-refractivity contribution in [3.63, 3.8) is 0 Å². The number of fused-ring (bicyclic) bond motifs is 13. The van der Waals surface area contributed by atoms with Gasteiger partial charge in [-0.05, 0) is 104 Å². The van der Waals surface area contributed by atoms with Crippen molar-refractivity contribution in [2.45, 2.75) is 0 Å². The average Bonchev–Trinajstić information content (AvgIpc) is 4.08. The Balaban J connectivity index is 1.07. The Labute approximate surface area is 394 Å². The van der Waals surface area contributed by atoms with Crippen LogP contribution < -0.4 is 0 Å². The summed E-state index contributed by atoms with van der Waals surface area (Å²) >= 11 is 0. The number of nitrogens with zero attached hydrogens (tertiary/aromatic N) is 4. The molecule has 4 aromatic heterocycles. The molecule has 4 heterocycles. The topological polar surface area (TPSA) is 69.9 Å². The third kappa shape index (κ3) is 5.82. The second-order valence-corrected chi connectivity index (χ2v) is 17.9. The van der Waals surface area contributed by atoms with E-state index in [-0.39, 0.29) is 0 Å². The van der Waals surface area contributed by atoms with Gasteiger partial charge in [-0.25, -0.2) is 15.0 Å². The third-order valence-electron chi connectivity index (χ3n) is 13.9. The van der Waals surface area contributed by atoms with E-state index < -0.39 is 0 Å². The van der Waals surface area contributed by atoms with Crippen LogP contribution >= 0.6 is 0 Å². The van der Waals surface area contributed by atoms with Gasteiger partial charge in [0.1, 0.15) is 16.7 Å². The fourth-order valence-corrected chi connectivity index (χ4v) is 10.8. The van der Waals surface area contributed by atoms with Crippen LogP contribution in [0.5, 0.6) is 0 Å². The second kappa shape index (κ2) is 14.6. The van der Waals surface area contributed by atoms with E-state index in [2.05, 4.69) is 187 Å². The smallest absolute Gasteiger partial charge is 0.164 e. The number of hydrogen-bond donors (Lipinski definition) is 0. The third-order valence-corrected chi connectivity index (χ3v) is 13.9. The summed E-state index contributed by atoms with van der Waals surface area (Å²) < 4.78 is 15.9. The molecule has 0 aliphatic carbocycles. The Hall–Kier alpha value is -9.39. The van der Waals surface area contributed by atoms with Crippen LogP contribution in [0, 0.1) is 0 Å². The summed E-state index contributed by atoms with van der Waals surface area (Å²) in [7, 11) is 0. The monoisotopic (exact) mass is 880 g/mol. The largest absolute Gasteiger partial charge is 0.456 e. The van der Waals surface area contributed by atoms with Crippen LogP contribution in [0.15, 0.2) is 227 Å². The molecule has 0 fully saturated rings. The van der Waals surface area contributed by atoms with Crippen molar-refractivity contribution in [3.8, 4) is 51.0 Å². The van der Waals surface area contributed by atoms with Crippen molar-refractivity contribution < 1.29 is 8.83 Å². The van der Waals surface area contributed by atoms with Crippen LogP contribution in [-0.2, 0) is 0 Å². The van der Waals surface area contributed by atoms with Gasteiger partial charge in [-0.2, -0.15) is 0 Å². The van der Waals surface area contributed by atoms with Gasteiger partial charge in [0.15, 0.2) is 23.1 Å². The van der Waals surface area contributed by atoms with Crippen LogP contribution in [0.4, 0.5) is 0 Å². The predicted octanol–water partition coefficient (Wildman–Crippen LogP) is 16.9. The standard InChI is InChI=1S/C63H36N4O2/c1-2-14-37(15-3-1)39-21-12-22-44(30-39)61-64-62(66-63(65-61)48-25-13-27-56-59(48)47-24-10-11-26-55(47)68-56)45-33-50-49-31-40-17-5-7-20-43(40)36-57(49)69-60(50)54(35-45)67-52-29-28-38-16-8-9-23-46(38)58(52)51-32-41-18-4-6-19-42(41)34-53(51)67/h1-36H. The van der Waals surface area contributed by atoms with E-state index in [1.165, 1.54) is 26.9 Å². The van der Waals surface area contributed by atoms with Gasteiger partial charge < -0.3 is 13.4 Å². The van der Waals surface area contributed by atoms with Gasteiger partial charge in [-0.3, -0.25) is 0 Å². The van der Waals surface area contributed by atoms with Crippen molar-refractivity contribution in [3.05, 3.63) is 218 Å². The highest BCUT2D eigenvalue weighted by Crippen LogP contribution is 2.45. The maximum atomic E-state index is 7.12. The minimum Gasteiger partial charge on any atom is -0.456 e. The zero-order chi connectivity index (χ0) is 45.2. The summed E-state index contributed by atoms with van der Waals surface area (Å²) in [6.45, 7) is 0. The highest BCUT2D eigenvalue weighted by molar-refractivity contribution is 6.24. The summed E-state index contributed by atoms with van der Waals surface area (Å²) in [4.78, 5) is 16.2. The molecule has 320 valence electrons. The van der Waals surface area contributed by atoms with Crippen LogP contribution in [0.25, 0.3) is 149 Å². The normalized spacial score (nSPS) is 12.1. The van der Waals surface area contributed by atoms with E-state index in [1.54, 1.807) is 0 Å². The second-order valence-electron chi connectivity index (χ2n) is 17.9. The molecule has 11 aromatic carbocycles. The predicted molar refractivity (Wildman–Crippen MR) is 283 cm³/mol. The molecule has 0 bridgehead atoms. The van der Waals surface area contributed by atoms with E-state index in [1.807, 2.05) is 36.4 Å². The number of para-hydroxylation sites is 1. The molecular weight excluding hydrogens is 845 g/mol. The van der Waals surface area contributed by atoms with E-state index in [4.69, 9.17) is 23.8 Å². The molecule has 15 aromatic rings. The van der Waals surface area contributed by atoms with Gasteiger partial charge in [0.2, 0.25) is 0 Å². The maximum absolute atomic E-state index is 7.12. The Bertz CT molecular complexity index is 4620.